The lowest BCUT2D eigenvalue weighted by atomic mass is 10.2. The van der Waals surface area contributed by atoms with Crippen LogP contribution in [0.15, 0.2) is 17.5 Å². The summed E-state index contributed by atoms with van der Waals surface area (Å²) >= 11 is 4.74. The molecule has 8 heteroatoms. The number of thiophene rings is 1. The van der Waals surface area contributed by atoms with E-state index in [-0.39, 0.29) is 5.95 Å². The number of anilines is 1. The molecule has 0 bridgehead atoms. The van der Waals surface area contributed by atoms with Gasteiger partial charge >= 0.3 is 0 Å². The smallest absolute Gasteiger partial charge is 0.260 e. The van der Waals surface area contributed by atoms with Crippen LogP contribution in [0.5, 0.6) is 5.88 Å². The van der Waals surface area contributed by atoms with Crippen molar-refractivity contribution < 1.29 is 3.83 Å². The third kappa shape index (κ3) is 2.70. The summed E-state index contributed by atoms with van der Waals surface area (Å²) in [6, 6.07) is 4.62. The maximum Gasteiger partial charge on any atom is 0.260 e. The highest BCUT2D eigenvalue weighted by Crippen LogP contribution is 2.36. The Balaban J connectivity index is 1.90. The summed E-state index contributed by atoms with van der Waals surface area (Å²) in [5, 5.41) is 2.09. The van der Waals surface area contributed by atoms with Gasteiger partial charge in [-0.1, -0.05) is 18.9 Å². The van der Waals surface area contributed by atoms with Gasteiger partial charge in [-0.15, -0.1) is 11.3 Å². The number of nitrogens with two attached hydrogens (primary N) is 1. The Labute approximate surface area is 146 Å². The molecule has 1 fully saturated rings. The monoisotopic (exact) mass is 393 g/mol. The molecule has 3 aromatic heterocycles. The Morgan fingerprint density at radius 1 is 1.30 bits per heavy atom. The van der Waals surface area contributed by atoms with Crippen LogP contribution < -0.4 is 9.56 Å². The van der Waals surface area contributed by atoms with Crippen molar-refractivity contribution in [2.75, 3.05) is 5.73 Å². The third-order valence-corrected chi connectivity index (χ3v) is 5.46. The number of nitrogen functional groups attached to an aromatic ring is 1. The van der Waals surface area contributed by atoms with E-state index in [4.69, 9.17) is 14.5 Å². The van der Waals surface area contributed by atoms with Crippen LogP contribution in [0.3, 0.4) is 0 Å². The van der Waals surface area contributed by atoms with Crippen LogP contribution in [-0.2, 0) is 6.42 Å². The molecule has 4 rings (SSSR count). The van der Waals surface area contributed by atoms with Gasteiger partial charge in [0.1, 0.15) is 5.82 Å². The fourth-order valence-electron chi connectivity index (χ4n) is 3.30. The SMILES string of the molecule is Nc1nc(OBr)c2nc(Cc3cccs3)n(C3CCCC3)c2n1. The topological polar surface area (TPSA) is 78.9 Å². The average molecular weight is 394 g/mol. The van der Waals surface area contributed by atoms with Crippen molar-refractivity contribution in [3.63, 3.8) is 0 Å². The zero-order chi connectivity index (χ0) is 15.8. The summed E-state index contributed by atoms with van der Waals surface area (Å²) in [4.78, 5) is 14.6. The normalized spacial score (nSPS) is 15.5. The maximum atomic E-state index is 5.85. The van der Waals surface area contributed by atoms with Crippen LogP contribution in [-0.4, -0.2) is 19.5 Å². The van der Waals surface area contributed by atoms with E-state index >= 15 is 0 Å². The fourth-order valence-corrected chi connectivity index (χ4v) is 4.23. The number of hydrogen-bond acceptors (Lipinski definition) is 6. The molecule has 0 saturated heterocycles. The standard InChI is InChI=1S/C15H16BrN5OS/c16-22-14-12-13(19-15(17)20-14)21(9-4-1-2-5-9)11(18-12)8-10-6-3-7-23-10/h3,6-7,9H,1-2,4-5,8H2,(H2,17,19,20). The molecule has 0 aromatic carbocycles. The highest BCUT2D eigenvalue weighted by Gasteiger charge is 2.26. The Morgan fingerprint density at radius 2 is 2.13 bits per heavy atom. The van der Waals surface area contributed by atoms with Gasteiger partial charge in [-0.25, -0.2) is 4.98 Å². The largest absolute Gasteiger partial charge is 0.395 e. The summed E-state index contributed by atoms with van der Waals surface area (Å²) in [5.41, 5.74) is 7.28. The molecule has 1 saturated carbocycles. The summed E-state index contributed by atoms with van der Waals surface area (Å²) in [5.74, 6) is 1.57. The minimum atomic E-state index is 0.203. The number of imidazole rings is 1. The van der Waals surface area contributed by atoms with Crippen LogP contribution in [0.1, 0.15) is 42.4 Å². The highest BCUT2D eigenvalue weighted by molar-refractivity contribution is 9.06. The summed E-state index contributed by atoms with van der Waals surface area (Å²) in [6.07, 6.45) is 5.57. The molecule has 3 aromatic rings. The van der Waals surface area contributed by atoms with E-state index in [0.29, 0.717) is 17.4 Å². The zero-order valence-corrected chi connectivity index (χ0v) is 14.8. The lowest BCUT2D eigenvalue weighted by molar-refractivity contribution is 0.512. The molecule has 1 aliphatic carbocycles. The van der Waals surface area contributed by atoms with Crippen molar-refractivity contribution >= 4 is 44.7 Å². The molecule has 6 nitrogen and oxygen atoms in total. The van der Waals surface area contributed by atoms with E-state index in [0.717, 1.165) is 30.7 Å². The van der Waals surface area contributed by atoms with Gasteiger partial charge < -0.3 is 14.1 Å². The fraction of sp³-hybridized carbons (Fsp3) is 0.400. The lowest BCUT2D eigenvalue weighted by Crippen LogP contribution is -2.10. The lowest BCUT2D eigenvalue weighted by Gasteiger charge is -2.15. The number of nitrogens with zero attached hydrogens (tertiary/aromatic N) is 4. The van der Waals surface area contributed by atoms with E-state index in [1.54, 1.807) is 11.3 Å². The highest BCUT2D eigenvalue weighted by atomic mass is 79.9. The minimum Gasteiger partial charge on any atom is -0.395 e. The van der Waals surface area contributed by atoms with Crippen molar-refractivity contribution in [1.29, 1.82) is 0 Å². The second-order valence-corrected chi connectivity index (χ2v) is 7.08. The number of hydrogen-bond donors (Lipinski definition) is 1. The van der Waals surface area contributed by atoms with Gasteiger partial charge in [0.05, 0.1) is 0 Å². The van der Waals surface area contributed by atoms with Gasteiger partial charge in [0, 0.05) is 17.3 Å². The van der Waals surface area contributed by atoms with Crippen molar-refractivity contribution in [1.82, 2.24) is 19.5 Å². The molecule has 0 radical (unpaired) electrons. The average Bonchev–Trinajstić information content (AvgIpc) is 3.26. The van der Waals surface area contributed by atoms with Gasteiger partial charge in [-0.3, -0.25) is 0 Å². The van der Waals surface area contributed by atoms with Crippen molar-refractivity contribution in [3.8, 4) is 5.88 Å². The van der Waals surface area contributed by atoms with E-state index in [2.05, 4.69) is 48.3 Å². The Hall–Kier alpha value is -1.67. The second kappa shape index (κ2) is 6.09. The van der Waals surface area contributed by atoms with Crippen molar-refractivity contribution in [3.05, 3.63) is 28.2 Å². The molecule has 0 unspecified atom stereocenters. The number of aromatic nitrogens is 4. The molecular formula is C15H16BrN5OS. The van der Waals surface area contributed by atoms with E-state index in [1.165, 1.54) is 17.7 Å². The van der Waals surface area contributed by atoms with Gasteiger partial charge in [0.15, 0.2) is 27.4 Å². The van der Waals surface area contributed by atoms with Crippen LogP contribution in [0.4, 0.5) is 5.95 Å². The van der Waals surface area contributed by atoms with Crippen LogP contribution in [0.2, 0.25) is 0 Å². The van der Waals surface area contributed by atoms with Gasteiger partial charge in [-0.05, 0) is 24.3 Å². The minimum absolute atomic E-state index is 0.203. The van der Waals surface area contributed by atoms with Crippen LogP contribution in [0.25, 0.3) is 11.2 Å². The van der Waals surface area contributed by atoms with Crippen LogP contribution in [0, 0.1) is 0 Å². The van der Waals surface area contributed by atoms with Crippen molar-refractivity contribution in [2.45, 2.75) is 38.1 Å². The van der Waals surface area contributed by atoms with E-state index in [1.807, 2.05) is 0 Å². The second-order valence-electron chi connectivity index (χ2n) is 5.73. The van der Waals surface area contributed by atoms with E-state index < -0.39 is 0 Å². The predicted octanol–water partition coefficient (Wildman–Crippen LogP) is 3.86. The molecular weight excluding hydrogens is 378 g/mol. The molecule has 0 spiro atoms. The summed E-state index contributed by atoms with van der Waals surface area (Å²) < 4.78 is 7.43. The summed E-state index contributed by atoms with van der Waals surface area (Å²) in [7, 11) is 0. The Kier molecular flexibility index (Phi) is 3.94. The van der Waals surface area contributed by atoms with Gasteiger partial charge in [-0.2, -0.15) is 9.97 Å². The quantitative estimate of drug-likeness (QED) is 0.727. The van der Waals surface area contributed by atoms with Crippen molar-refractivity contribution in [2.24, 2.45) is 0 Å². The molecule has 2 N–H and O–H groups in total. The molecule has 0 aliphatic heterocycles. The molecule has 0 atom stereocenters. The number of halogens is 1. The number of fused-ring (bicyclic) bond motifs is 1. The first-order valence-electron chi connectivity index (χ1n) is 7.61. The summed E-state index contributed by atoms with van der Waals surface area (Å²) in [6.45, 7) is 0. The molecule has 3 heterocycles. The first-order chi connectivity index (χ1) is 11.3. The molecule has 0 amide bonds. The van der Waals surface area contributed by atoms with Gasteiger partial charge in [0.25, 0.3) is 5.88 Å². The van der Waals surface area contributed by atoms with Gasteiger partial charge in [0.2, 0.25) is 5.95 Å². The maximum absolute atomic E-state index is 5.85. The predicted molar refractivity (Wildman–Crippen MR) is 93.9 cm³/mol. The first kappa shape index (κ1) is 14.9. The van der Waals surface area contributed by atoms with Crippen LogP contribution >= 0.6 is 27.6 Å². The first-order valence-corrected chi connectivity index (χ1v) is 9.14. The third-order valence-electron chi connectivity index (χ3n) is 4.27. The zero-order valence-electron chi connectivity index (χ0n) is 12.4. The number of rotatable bonds is 4. The van der Waals surface area contributed by atoms with E-state index in [9.17, 15) is 0 Å². The molecule has 1 aliphatic rings. The molecule has 120 valence electrons. The Morgan fingerprint density at radius 3 is 2.83 bits per heavy atom. The molecule has 23 heavy (non-hydrogen) atoms. The Bertz CT molecular complexity index is 826.